The fraction of sp³-hybridized carbons (Fsp3) is 0.737. The molecule has 2 nitrogen and oxygen atoms in total. The lowest BCUT2D eigenvalue weighted by molar-refractivity contribution is 0.314. The molecule has 21 heavy (non-hydrogen) atoms. The van der Waals surface area contributed by atoms with E-state index >= 15 is 0 Å². The summed E-state index contributed by atoms with van der Waals surface area (Å²) in [6.07, 6.45) is 10.6. The van der Waals surface area contributed by atoms with Gasteiger partial charge in [-0.05, 0) is 43.4 Å². The Balaban J connectivity index is 2.69. The number of nitrogens with one attached hydrogen (secondary N) is 1. The van der Waals surface area contributed by atoms with Crippen LogP contribution in [0, 0.1) is 5.92 Å². The normalized spacial score (nSPS) is 14.1. The van der Waals surface area contributed by atoms with Crippen LogP contribution < -0.4 is 5.32 Å². The van der Waals surface area contributed by atoms with Crippen LogP contribution in [-0.2, 0) is 12.8 Å². The average molecular weight is 290 g/mol. The summed E-state index contributed by atoms with van der Waals surface area (Å²) in [5.74, 6) is 0.768. The van der Waals surface area contributed by atoms with E-state index in [4.69, 9.17) is 0 Å². The molecular weight excluding hydrogens is 256 g/mol. The van der Waals surface area contributed by atoms with Crippen LogP contribution in [0.3, 0.4) is 0 Å². The second kappa shape index (κ2) is 10.8. The molecule has 1 aromatic rings. The van der Waals surface area contributed by atoms with Crippen molar-refractivity contribution in [1.29, 1.82) is 0 Å². The van der Waals surface area contributed by atoms with Crippen LogP contribution in [-0.4, -0.2) is 17.6 Å². The van der Waals surface area contributed by atoms with Crippen molar-refractivity contribution in [2.75, 3.05) is 6.54 Å². The van der Waals surface area contributed by atoms with E-state index in [0.717, 1.165) is 25.3 Å². The molecule has 0 fully saturated rings. The van der Waals surface area contributed by atoms with E-state index in [-0.39, 0.29) is 0 Å². The minimum Gasteiger partial charge on any atom is -0.313 e. The van der Waals surface area contributed by atoms with Gasteiger partial charge in [-0.3, -0.25) is 4.98 Å². The lowest BCUT2D eigenvalue weighted by Gasteiger charge is -2.27. The largest absolute Gasteiger partial charge is 0.313 e. The van der Waals surface area contributed by atoms with Gasteiger partial charge in [-0.1, -0.05) is 53.0 Å². The van der Waals surface area contributed by atoms with E-state index in [9.17, 15) is 0 Å². The molecule has 2 heteroatoms. The standard InChI is InChI=1S/C19H34N2/c1-5-9-10-17(8-4)19(20-13-6-2)14-18-12-11-16(7-3)15-21-18/h11-12,15,17,19-20H,5-10,13-14H2,1-4H3. The molecule has 0 spiro atoms. The maximum Gasteiger partial charge on any atom is 0.0419 e. The van der Waals surface area contributed by atoms with E-state index in [1.807, 2.05) is 6.20 Å². The van der Waals surface area contributed by atoms with Gasteiger partial charge < -0.3 is 5.32 Å². The number of aryl methyl sites for hydroxylation is 1. The summed E-state index contributed by atoms with van der Waals surface area (Å²) in [6, 6.07) is 5.01. The highest BCUT2D eigenvalue weighted by Crippen LogP contribution is 2.20. The van der Waals surface area contributed by atoms with E-state index in [0.29, 0.717) is 6.04 Å². The molecular formula is C19H34N2. The first kappa shape index (κ1) is 18.2. The first-order valence-electron chi connectivity index (χ1n) is 8.92. The molecule has 0 aliphatic carbocycles. The van der Waals surface area contributed by atoms with Crippen molar-refractivity contribution >= 4 is 0 Å². The van der Waals surface area contributed by atoms with E-state index in [1.165, 1.54) is 43.4 Å². The number of aromatic nitrogens is 1. The van der Waals surface area contributed by atoms with Crippen LogP contribution in [0.25, 0.3) is 0 Å². The lowest BCUT2D eigenvalue weighted by Crippen LogP contribution is -2.38. The molecule has 1 N–H and O–H groups in total. The van der Waals surface area contributed by atoms with Gasteiger partial charge in [-0.25, -0.2) is 0 Å². The van der Waals surface area contributed by atoms with Crippen LogP contribution in [0.1, 0.15) is 71.1 Å². The quantitative estimate of drug-likeness (QED) is 0.635. The Bertz CT molecular complexity index is 358. The molecule has 1 heterocycles. The second-order valence-electron chi connectivity index (χ2n) is 6.09. The zero-order valence-corrected chi connectivity index (χ0v) is 14.5. The number of rotatable bonds is 11. The van der Waals surface area contributed by atoms with Crippen molar-refractivity contribution < 1.29 is 0 Å². The van der Waals surface area contributed by atoms with Gasteiger partial charge in [-0.15, -0.1) is 0 Å². The number of pyridine rings is 1. The first-order valence-corrected chi connectivity index (χ1v) is 8.92. The van der Waals surface area contributed by atoms with Crippen LogP contribution in [0.2, 0.25) is 0 Å². The van der Waals surface area contributed by atoms with Crippen molar-refractivity contribution in [3.8, 4) is 0 Å². The van der Waals surface area contributed by atoms with Crippen molar-refractivity contribution in [2.24, 2.45) is 5.92 Å². The van der Waals surface area contributed by atoms with Crippen LogP contribution in [0.15, 0.2) is 18.3 Å². The predicted octanol–water partition coefficient (Wildman–Crippen LogP) is 4.77. The summed E-state index contributed by atoms with van der Waals surface area (Å²) < 4.78 is 0. The Morgan fingerprint density at radius 3 is 2.43 bits per heavy atom. The number of hydrogen-bond donors (Lipinski definition) is 1. The molecule has 120 valence electrons. The van der Waals surface area contributed by atoms with Crippen LogP contribution in [0.4, 0.5) is 0 Å². The van der Waals surface area contributed by atoms with Gasteiger partial charge in [0.05, 0.1) is 0 Å². The molecule has 2 atom stereocenters. The molecule has 1 aromatic heterocycles. The zero-order valence-electron chi connectivity index (χ0n) is 14.5. The Labute approximate surface area is 131 Å². The Hall–Kier alpha value is -0.890. The summed E-state index contributed by atoms with van der Waals surface area (Å²) in [4.78, 5) is 4.65. The van der Waals surface area contributed by atoms with Gasteiger partial charge in [0.1, 0.15) is 0 Å². The van der Waals surface area contributed by atoms with Gasteiger partial charge in [0.2, 0.25) is 0 Å². The van der Waals surface area contributed by atoms with Gasteiger partial charge in [0.15, 0.2) is 0 Å². The fourth-order valence-corrected chi connectivity index (χ4v) is 2.90. The third kappa shape index (κ3) is 6.60. The van der Waals surface area contributed by atoms with Crippen molar-refractivity contribution in [2.45, 2.75) is 78.7 Å². The highest BCUT2D eigenvalue weighted by Gasteiger charge is 2.19. The molecule has 0 aromatic carbocycles. The van der Waals surface area contributed by atoms with Crippen molar-refractivity contribution in [3.05, 3.63) is 29.6 Å². The zero-order chi connectivity index (χ0) is 15.5. The third-order valence-electron chi connectivity index (χ3n) is 4.40. The van der Waals surface area contributed by atoms with Gasteiger partial charge in [0, 0.05) is 24.4 Å². The highest BCUT2D eigenvalue weighted by atomic mass is 14.9. The molecule has 2 unspecified atom stereocenters. The smallest absolute Gasteiger partial charge is 0.0419 e. The predicted molar refractivity (Wildman–Crippen MR) is 92.7 cm³/mol. The first-order chi connectivity index (χ1) is 10.2. The van der Waals surface area contributed by atoms with Crippen LogP contribution in [0.5, 0.6) is 0 Å². The lowest BCUT2D eigenvalue weighted by atomic mass is 9.88. The molecule has 0 radical (unpaired) electrons. The third-order valence-corrected chi connectivity index (χ3v) is 4.40. The maximum absolute atomic E-state index is 4.65. The molecule has 1 rings (SSSR count). The minimum absolute atomic E-state index is 0.571. The number of unbranched alkanes of at least 4 members (excludes halogenated alkanes) is 1. The Morgan fingerprint density at radius 2 is 1.90 bits per heavy atom. The van der Waals surface area contributed by atoms with Crippen molar-refractivity contribution in [3.63, 3.8) is 0 Å². The second-order valence-corrected chi connectivity index (χ2v) is 6.09. The minimum atomic E-state index is 0.571. The van der Waals surface area contributed by atoms with E-state index in [1.54, 1.807) is 0 Å². The van der Waals surface area contributed by atoms with E-state index in [2.05, 4.69) is 50.1 Å². The molecule has 0 aliphatic heterocycles. The van der Waals surface area contributed by atoms with Gasteiger partial charge in [0.25, 0.3) is 0 Å². The molecule has 0 aliphatic rings. The summed E-state index contributed by atoms with van der Waals surface area (Å²) in [6.45, 7) is 10.1. The number of hydrogen-bond acceptors (Lipinski definition) is 2. The summed E-state index contributed by atoms with van der Waals surface area (Å²) >= 11 is 0. The molecule has 0 saturated carbocycles. The molecule has 0 bridgehead atoms. The van der Waals surface area contributed by atoms with E-state index < -0.39 is 0 Å². The molecule has 0 saturated heterocycles. The van der Waals surface area contributed by atoms with Gasteiger partial charge >= 0.3 is 0 Å². The maximum atomic E-state index is 4.65. The fourth-order valence-electron chi connectivity index (χ4n) is 2.90. The highest BCUT2D eigenvalue weighted by molar-refractivity contribution is 5.14. The van der Waals surface area contributed by atoms with Crippen molar-refractivity contribution in [1.82, 2.24) is 10.3 Å². The molecule has 0 amide bonds. The van der Waals surface area contributed by atoms with Crippen LogP contribution >= 0.6 is 0 Å². The number of nitrogens with zero attached hydrogens (tertiary/aromatic N) is 1. The topological polar surface area (TPSA) is 24.9 Å². The monoisotopic (exact) mass is 290 g/mol. The summed E-state index contributed by atoms with van der Waals surface area (Å²) in [5.41, 5.74) is 2.56. The summed E-state index contributed by atoms with van der Waals surface area (Å²) in [5, 5.41) is 3.77. The Kier molecular flexibility index (Phi) is 9.32. The summed E-state index contributed by atoms with van der Waals surface area (Å²) in [7, 11) is 0. The SMILES string of the molecule is CCCCC(CC)C(Cc1ccc(CC)cn1)NCCC. The Morgan fingerprint density at radius 1 is 1.10 bits per heavy atom. The average Bonchev–Trinajstić information content (AvgIpc) is 2.53. The van der Waals surface area contributed by atoms with Gasteiger partial charge in [-0.2, -0.15) is 0 Å².